The van der Waals surface area contributed by atoms with Gasteiger partial charge in [0.15, 0.2) is 0 Å². The van der Waals surface area contributed by atoms with Crippen molar-refractivity contribution in [3.8, 4) is 6.07 Å². The first-order valence-electron chi connectivity index (χ1n) is 4.38. The van der Waals surface area contributed by atoms with Crippen LogP contribution in [0.1, 0.15) is 22.3 Å². The van der Waals surface area contributed by atoms with Gasteiger partial charge in [0.1, 0.15) is 0 Å². The van der Waals surface area contributed by atoms with Crippen molar-refractivity contribution in [3.05, 3.63) is 34.4 Å². The number of carboxylic acid groups (broad SMARTS) is 1. The van der Waals surface area contributed by atoms with E-state index in [1.165, 1.54) is 0 Å². The molecule has 0 spiro atoms. The van der Waals surface area contributed by atoms with Crippen molar-refractivity contribution in [2.24, 2.45) is 0 Å². The standard InChI is InChI=1S/C11H10ClNO2/c1-7-9(5-12)2-8(4-11(14)15)3-10(7)6-13/h2-3H,4-5H2,1H3,(H,14,15). The number of aliphatic carboxylic acids is 1. The lowest BCUT2D eigenvalue weighted by atomic mass is 9.99. The largest absolute Gasteiger partial charge is 0.481 e. The molecule has 0 saturated carbocycles. The summed E-state index contributed by atoms with van der Waals surface area (Å²) < 4.78 is 0. The Hall–Kier alpha value is -1.53. The summed E-state index contributed by atoms with van der Waals surface area (Å²) in [5.74, 6) is -0.628. The number of carboxylic acids is 1. The van der Waals surface area contributed by atoms with Gasteiger partial charge in [0.25, 0.3) is 0 Å². The summed E-state index contributed by atoms with van der Waals surface area (Å²) in [6, 6.07) is 5.36. The second kappa shape index (κ2) is 4.81. The third-order valence-electron chi connectivity index (χ3n) is 2.19. The molecule has 15 heavy (non-hydrogen) atoms. The maximum Gasteiger partial charge on any atom is 0.307 e. The van der Waals surface area contributed by atoms with Gasteiger partial charge < -0.3 is 5.11 Å². The zero-order valence-electron chi connectivity index (χ0n) is 8.25. The SMILES string of the molecule is Cc1c(C#N)cc(CC(=O)O)cc1CCl. The third-order valence-corrected chi connectivity index (χ3v) is 2.48. The predicted octanol–water partition coefficient (Wildman–Crippen LogP) is 2.23. The molecule has 1 aromatic rings. The van der Waals surface area contributed by atoms with Crippen molar-refractivity contribution in [3.63, 3.8) is 0 Å². The van der Waals surface area contributed by atoms with Crippen LogP contribution in [0.5, 0.6) is 0 Å². The first kappa shape index (κ1) is 11.5. The van der Waals surface area contributed by atoms with Gasteiger partial charge in [-0.25, -0.2) is 0 Å². The molecule has 1 N–H and O–H groups in total. The second-order valence-corrected chi connectivity index (χ2v) is 3.51. The summed E-state index contributed by atoms with van der Waals surface area (Å²) in [5, 5.41) is 17.5. The molecule has 0 saturated heterocycles. The number of benzene rings is 1. The zero-order chi connectivity index (χ0) is 11.4. The number of halogens is 1. The van der Waals surface area contributed by atoms with Crippen LogP contribution < -0.4 is 0 Å². The molecule has 0 fully saturated rings. The Kier molecular flexibility index (Phi) is 3.70. The molecule has 4 heteroatoms. The van der Waals surface area contributed by atoms with E-state index in [-0.39, 0.29) is 12.3 Å². The van der Waals surface area contributed by atoms with Gasteiger partial charge in [-0.15, -0.1) is 11.6 Å². The van der Waals surface area contributed by atoms with E-state index >= 15 is 0 Å². The van der Waals surface area contributed by atoms with Crippen molar-refractivity contribution in [2.45, 2.75) is 19.2 Å². The minimum absolute atomic E-state index is 0.0845. The van der Waals surface area contributed by atoms with E-state index in [0.29, 0.717) is 11.1 Å². The predicted molar refractivity (Wildman–Crippen MR) is 56.8 cm³/mol. The maximum atomic E-state index is 10.5. The molecule has 0 aliphatic heterocycles. The van der Waals surface area contributed by atoms with E-state index in [1.54, 1.807) is 19.1 Å². The fraction of sp³-hybridized carbons (Fsp3) is 0.273. The van der Waals surface area contributed by atoms with Crippen LogP contribution >= 0.6 is 11.6 Å². The first-order chi connectivity index (χ1) is 7.08. The lowest BCUT2D eigenvalue weighted by molar-refractivity contribution is -0.136. The summed E-state index contributed by atoms with van der Waals surface area (Å²) >= 11 is 5.71. The smallest absolute Gasteiger partial charge is 0.307 e. The van der Waals surface area contributed by atoms with Crippen LogP contribution in [0.4, 0.5) is 0 Å². The monoisotopic (exact) mass is 223 g/mol. The molecular formula is C11H10ClNO2. The Morgan fingerprint density at radius 3 is 2.73 bits per heavy atom. The van der Waals surface area contributed by atoms with Crippen LogP contribution in [-0.2, 0) is 17.1 Å². The topological polar surface area (TPSA) is 61.1 Å². The van der Waals surface area contributed by atoms with Crippen LogP contribution in [0.2, 0.25) is 0 Å². The number of alkyl halides is 1. The molecule has 3 nitrogen and oxygen atoms in total. The molecule has 0 unspecified atom stereocenters. The van der Waals surface area contributed by atoms with Gasteiger partial charge in [-0.3, -0.25) is 4.79 Å². The van der Waals surface area contributed by atoms with Crippen molar-refractivity contribution < 1.29 is 9.90 Å². The molecule has 0 aliphatic rings. The molecule has 0 bridgehead atoms. The number of nitrogens with zero attached hydrogens (tertiary/aromatic N) is 1. The molecule has 0 atom stereocenters. The quantitative estimate of drug-likeness (QED) is 0.800. The van der Waals surface area contributed by atoms with Crippen molar-refractivity contribution in [2.75, 3.05) is 0 Å². The lowest BCUT2D eigenvalue weighted by Crippen LogP contribution is -2.02. The number of carbonyl (C=O) groups is 1. The molecular weight excluding hydrogens is 214 g/mol. The van der Waals surface area contributed by atoms with Crippen LogP contribution in [0.3, 0.4) is 0 Å². The summed E-state index contributed by atoms with van der Waals surface area (Å²) in [4.78, 5) is 10.5. The first-order valence-corrected chi connectivity index (χ1v) is 4.92. The molecule has 0 amide bonds. The van der Waals surface area contributed by atoms with E-state index in [4.69, 9.17) is 22.0 Å². The summed E-state index contributed by atoms with van der Waals surface area (Å²) in [5.41, 5.74) is 2.73. The number of rotatable bonds is 3. The van der Waals surface area contributed by atoms with Gasteiger partial charge >= 0.3 is 5.97 Å². The van der Waals surface area contributed by atoms with Gasteiger partial charge in [0.05, 0.1) is 18.1 Å². The highest BCUT2D eigenvalue weighted by molar-refractivity contribution is 6.17. The summed E-state index contributed by atoms with van der Waals surface area (Å²) in [6.07, 6.45) is -0.0845. The highest BCUT2D eigenvalue weighted by Gasteiger charge is 2.08. The minimum atomic E-state index is -0.914. The Bertz CT molecular complexity index is 435. The Balaban J connectivity index is 3.22. The molecule has 0 aromatic heterocycles. The molecule has 1 aromatic carbocycles. The Labute approximate surface area is 92.9 Å². The van der Waals surface area contributed by atoms with Crippen LogP contribution in [0.15, 0.2) is 12.1 Å². The van der Waals surface area contributed by atoms with E-state index < -0.39 is 5.97 Å². The fourth-order valence-corrected chi connectivity index (χ4v) is 1.65. The summed E-state index contributed by atoms with van der Waals surface area (Å²) in [7, 11) is 0. The highest BCUT2D eigenvalue weighted by atomic mass is 35.5. The van der Waals surface area contributed by atoms with Gasteiger partial charge in [-0.1, -0.05) is 6.07 Å². The third kappa shape index (κ3) is 2.71. The van der Waals surface area contributed by atoms with Gasteiger partial charge in [-0.05, 0) is 29.7 Å². The average Bonchev–Trinajstić information content (AvgIpc) is 2.19. The van der Waals surface area contributed by atoms with Gasteiger partial charge in [0, 0.05) is 5.88 Å². The summed E-state index contributed by atoms with van der Waals surface area (Å²) in [6.45, 7) is 1.81. The van der Waals surface area contributed by atoms with E-state index in [2.05, 4.69) is 0 Å². The van der Waals surface area contributed by atoms with E-state index in [0.717, 1.165) is 11.1 Å². The molecule has 78 valence electrons. The number of hydrogen-bond donors (Lipinski definition) is 1. The van der Waals surface area contributed by atoms with Gasteiger partial charge in [-0.2, -0.15) is 5.26 Å². The van der Waals surface area contributed by atoms with Crippen LogP contribution in [0.25, 0.3) is 0 Å². The molecule has 0 heterocycles. The second-order valence-electron chi connectivity index (χ2n) is 3.24. The number of nitriles is 1. The zero-order valence-corrected chi connectivity index (χ0v) is 9.01. The fourth-order valence-electron chi connectivity index (χ4n) is 1.37. The molecule has 0 radical (unpaired) electrons. The van der Waals surface area contributed by atoms with Gasteiger partial charge in [0.2, 0.25) is 0 Å². The Morgan fingerprint density at radius 2 is 2.27 bits per heavy atom. The van der Waals surface area contributed by atoms with Crippen LogP contribution in [-0.4, -0.2) is 11.1 Å². The van der Waals surface area contributed by atoms with Crippen molar-refractivity contribution >= 4 is 17.6 Å². The van der Waals surface area contributed by atoms with Crippen LogP contribution in [0, 0.1) is 18.3 Å². The average molecular weight is 224 g/mol. The Morgan fingerprint density at radius 1 is 1.60 bits per heavy atom. The normalized spacial score (nSPS) is 9.67. The van der Waals surface area contributed by atoms with E-state index in [9.17, 15) is 4.79 Å². The highest BCUT2D eigenvalue weighted by Crippen LogP contribution is 2.18. The lowest BCUT2D eigenvalue weighted by Gasteiger charge is -2.07. The van der Waals surface area contributed by atoms with E-state index in [1.807, 2.05) is 6.07 Å². The number of hydrogen-bond acceptors (Lipinski definition) is 2. The van der Waals surface area contributed by atoms with Crippen molar-refractivity contribution in [1.29, 1.82) is 5.26 Å². The van der Waals surface area contributed by atoms with Crippen molar-refractivity contribution in [1.82, 2.24) is 0 Å². The minimum Gasteiger partial charge on any atom is -0.481 e. The maximum absolute atomic E-state index is 10.5. The molecule has 1 rings (SSSR count). The molecule has 0 aliphatic carbocycles.